The van der Waals surface area contributed by atoms with Crippen LogP contribution in [0.1, 0.15) is 42.9 Å². The van der Waals surface area contributed by atoms with E-state index in [2.05, 4.69) is 11.1 Å². The van der Waals surface area contributed by atoms with Crippen LogP contribution in [0.25, 0.3) is 27.4 Å². The van der Waals surface area contributed by atoms with E-state index in [4.69, 9.17) is 15.2 Å². The van der Waals surface area contributed by atoms with Crippen LogP contribution in [0.2, 0.25) is 0 Å². The summed E-state index contributed by atoms with van der Waals surface area (Å²) in [5.41, 5.74) is 7.40. The van der Waals surface area contributed by atoms with Crippen LogP contribution in [-0.4, -0.2) is 26.4 Å². The zero-order valence-electron chi connectivity index (χ0n) is 21.3. The zero-order valence-corrected chi connectivity index (χ0v) is 21.3. The number of aromatic hydroxyl groups is 2. The second-order valence-electron chi connectivity index (χ2n) is 10.5. The highest BCUT2D eigenvalue weighted by atomic mass is 16.5. The maximum atomic E-state index is 11.7. The van der Waals surface area contributed by atoms with Crippen molar-refractivity contribution in [3.05, 3.63) is 83.4 Å². The van der Waals surface area contributed by atoms with Crippen molar-refractivity contribution in [3.8, 4) is 29.3 Å². The quantitative estimate of drug-likeness (QED) is 0.270. The molecule has 8 heteroatoms. The van der Waals surface area contributed by atoms with E-state index in [1.165, 1.54) is 4.57 Å². The van der Waals surface area contributed by atoms with Crippen molar-refractivity contribution in [2.75, 3.05) is 12.3 Å². The van der Waals surface area contributed by atoms with Gasteiger partial charge >= 0.3 is 0 Å². The number of anilines is 1. The van der Waals surface area contributed by atoms with Crippen molar-refractivity contribution in [1.29, 1.82) is 5.26 Å². The van der Waals surface area contributed by atoms with E-state index >= 15 is 0 Å². The number of ether oxygens (including phenoxy) is 2. The van der Waals surface area contributed by atoms with Crippen molar-refractivity contribution in [2.24, 2.45) is 0 Å². The largest absolute Gasteiger partial charge is 0.494 e. The molecule has 7 rings (SSSR count). The minimum atomic E-state index is -0.809. The van der Waals surface area contributed by atoms with Gasteiger partial charge in [-0.25, -0.2) is 4.98 Å². The second kappa shape index (κ2) is 8.13. The van der Waals surface area contributed by atoms with Crippen LogP contribution in [0.15, 0.2) is 66.7 Å². The van der Waals surface area contributed by atoms with Gasteiger partial charge in [0.05, 0.1) is 40.7 Å². The molecule has 2 aliphatic heterocycles. The molecular formula is C31H26N4O4. The molecule has 0 saturated carbocycles. The van der Waals surface area contributed by atoms with E-state index in [9.17, 15) is 15.5 Å². The number of nitrogens with two attached hydrogens (primary N) is 1. The molecule has 2 atom stereocenters. The number of rotatable bonds is 5. The Labute approximate surface area is 224 Å². The number of pyridine rings is 1. The number of nitrogens with zero attached hydrogens (tertiary/aromatic N) is 3. The molecule has 3 aromatic carbocycles. The highest BCUT2D eigenvalue weighted by molar-refractivity contribution is 5.95. The van der Waals surface area contributed by atoms with Crippen molar-refractivity contribution in [3.63, 3.8) is 0 Å². The van der Waals surface area contributed by atoms with Crippen LogP contribution >= 0.6 is 0 Å². The predicted molar refractivity (Wildman–Crippen MR) is 147 cm³/mol. The first kappa shape index (κ1) is 23.4. The van der Waals surface area contributed by atoms with E-state index < -0.39 is 11.2 Å². The minimum Gasteiger partial charge on any atom is -0.494 e. The third-order valence-electron chi connectivity index (χ3n) is 8.26. The molecule has 1 saturated heterocycles. The summed E-state index contributed by atoms with van der Waals surface area (Å²) in [5.74, 6) is 0.949. The smallest absolute Gasteiger partial charge is 0.205 e. The Bertz CT molecular complexity index is 1860. The van der Waals surface area contributed by atoms with E-state index in [0.717, 1.165) is 16.2 Å². The summed E-state index contributed by atoms with van der Waals surface area (Å²) in [7, 11) is 0. The van der Waals surface area contributed by atoms with Crippen molar-refractivity contribution in [2.45, 2.75) is 37.4 Å². The van der Waals surface area contributed by atoms with Gasteiger partial charge in [-0.3, -0.25) is 4.57 Å². The van der Waals surface area contributed by atoms with Gasteiger partial charge in [-0.2, -0.15) is 5.26 Å². The fraction of sp³-hybridized carbons (Fsp3) is 0.226. The molecule has 2 aromatic heterocycles. The molecule has 39 heavy (non-hydrogen) atoms. The van der Waals surface area contributed by atoms with Crippen LogP contribution in [0.3, 0.4) is 0 Å². The molecule has 4 N–H and O–H groups in total. The van der Waals surface area contributed by atoms with Crippen LogP contribution in [0.5, 0.6) is 17.5 Å². The first-order chi connectivity index (χ1) is 18.8. The van der Waals surface area contributed by atoms with Crippen LogP contribution < -0.4 is 10.5 Å². The van der Waals surface area contributed by atoms with Gasteiger partial charge in [0.25, 0.3) is 0 Å². The van der Waals surface area contributed by atoms with E-state index in [1.807, 2.05) is 55.5 Å². The SMILES string of the molecule is C[C@]12CC[C@](CCOc3cccc4ccc(N)nc34)(O1)c1c2c(O)n(-c2ccc(C#N)c3ccccc23)c1O. The average Bonchev–Trinajstić information content (AvgIpc) is 3.52. The summed E-state index contributed by atoms with van der Waals surface area (Å²) in [6.07, 6.45) is 1.86. The molecular weight excluding hydrogens is 492 g/mol. The maximum Gasteiger partial charge on any atom is 0.205 e. The van der Waals surface area contributed by atoms with E-state index in [-0.39, 0.29) is 11.8 Å². The Morgan fingerprint density at radius 2 is 1.79 bits per heavy atom. The number of benzene rings is 3. The monoisotopic (exact) mass is 518 g/mol. The fourth-order valence-corrected chi connectivity index (χ4v) is 6.49. The predicted octanol–water partition coefficient (Wildman–Crippen LogP) is 5.75. The van der Waals surface area contributed by atoms with Crippen LogP contribution in [-0.2, 0) is 15.9 Å². The van der Waals surface area contributed by atoms with E-state index in [1.54, 1.807) is 18.2 Å². The minimum absolute atomic E-state index is 0.0453. The molecule has 0 aliphatic carbocycles. The van der Waals surface area contributed by atoms with Crippen molar-refractivity contribution in [1.82, 2.24) is 9.55 Å². The molecule has 0 amide bonds. The zero-order chi connectivity index (χ0) is 26.9. The summed E-state index contributed by atoms with van der Waals surface area (Å²) in [6.45, 7) is 2.27. The number of nitriles is 1. The lowest BCUT2D eigenvalue weighted by Crippen LogP contribution is -2.25. The van der Waals surface area contributed by atoms with Gasteiger partial charge in [0, 0.05) is 22.6 Å². The fourth-order valence-electron chi connectivity index (χ4n) is 6.49. The number of fused-ring (bicyclic) bond motifs is 7. The normalized spacial score (nSPS) is 21.3. The topological polar surface area (TPSA) is 127 Å². The maximum absolute atomic E-state index is 11.7. The highest BCUT2D eigenvalue weighted by Gasteiger charge is 2.61. The summed E-state index contributed by atoms with van der Waals surface area (Å²) < 4.78 is 14.3. The van der Waals surface area contributed by atoms with Gasteiger partial charge in [0.2, 0.25) is 11.8 Å². The number of nitrogen functional groups attached to an aromatic ring is 1. The van der Waals surface area contributed by atoms with Crippen LogP contribution in [0.4, 0.5) is 5.82 Å². The number of hydrogen-bond acceptors (Lipinski definition) is 7. The van der Waals surface area contributed by atoms with Crippen molar-refractivity contribution < 1.29 is 19.7 Å². The Morgan fingerprint density at radius 1 is 1.00 bits per heavy atom. The molecule has 0 unspecified atom stereocenters. The van der Waals surface area contributed by atoms with Gasteiger partial charge in [-0.05, 0) is 50.1 Å². The first-order valence-corrected chi connectivity index (χ1v) is 12.9. The standard InChI is InChI=1S/C31H26N4O4/c1-30-13-14-31(39-30,15-16-38-23-8-4-5-18-10-12-24(33)34-27(18)23)26-25(30)28(36)35(29(26)37)22-11-9-19(17-32)20-6-2-3-7-21(20)22/h2-12,36-37H,13-16H2,1H3,(H2,33,34)/t30-,31-/m1/s1. The molecule has 8 nitrogen and oxygen atoms in total. The Balaban J connectivity index is 1.28. The van der Waals surface area contributed by atoms with Gasteiger partial charge in [0.15, 0.2) is 0 Å². The highest BCUT2D eigenvalue weighted by Crippen LogP contribution is 2.65. The molecule has 1 fully saturated rings. The molecule has 0 radical (unpaired) electrons. The first-order valence-electron chi connectivity index (χ1n) is 12.9. The molecule has 2 bridgehead atoms. The summed E-state index contributed by atoms with van der Waals surface area (Å²) >= 11 is 0. The molecule has 194 valence electrons. The lowest BCUT2D eigenvalue weighted by atomic mass is 9.78. The number of aromatic nitrogens is 2. The molecule has 0 spiro atoms. The van der Waals surface area contributed by atoms with Gasteiger partial charge in [-0.15, -0.1) is 0 Å². The number of hydrogen-bond donors (Lipinski definition) is 3. The lowest BCUT2D eigenvalue weighted by molar-refractivity contribution is -0.0875. The third kappa shape index (κ3) is 3.23. The molecule has 2 aliphatic rings. The lowest BCUT2D eigenvalue weighted by Gasteiger charge is -2.26. The second-order valence-corrected chi connectivity index (χ2v) is 10.5. The average molecular weight is 519 g/mol. The Hall–Kier alpha value is -4.74. The summed E-state index contributed by atoms with van der Waals surface area (Å²) in [5, 5.41) is 35.2. The van der Waals surface area contributed by atoms with Gasteiger partial charge in [-0.1, -0.05) is 36.4 Å². The third-order valence-corrected chi connectivity index (χ3v) is 8.26. The van der Waals surface area contributed by atoms with Gasteiger partial charge < -0.3 is 25.4 Å². The molecule has 5 aromatic rings. The summed E-state index contributed by atoms with van der Waals surface area (Å²) in [6, 6.07) is 22.6. The summed E-state index contributed by atoms with van der Waals surface area (Å²) in [4.78, 5) is 4.44. The van der Waals surface area contributed by atoms with E-state index in [0.29, 0.717) is 65.3 Å². The molecule has 4 heterocycles. The number of para-hydroxylation sites is 1. The van der Waals surface area contributed by atoms with Gasteiger partial charge in [0.1, 0.15) is 22.7 Å². The van der Waals surface area contributed by atoms with Crippen LogP contribution in [0, 0.1) is 11.3 Å². The Morgan fingerprint density at radius 3 is 2.62 bits per heavy atom. The Kier molecular flexibility index (Phi) is 4.87. The van der Waals surface area contributed by atoms with Crippen molar-refractivity contribution >= 4 is 27.5 Å².